The molecule has 0 amide bonds. The summed E-state index contributed by atoms with van der Waals surface area (Å²) in [6.45, 7) is 2.22. The first-order valence-corrected chi connectivity index (χ1v) is 7.99. The van der Waals surface area contributed by atoms with Crippen LogP contribution in [0.3, 0.4) is 0 Å². The highest BCUT2D eigenvalue weighted by Gasteiger charge is 2.48. The Bertz CT molecular complexity index is 521. The number of nitrogens with zero attached hydrogens (tertiary/aromatic N) is 2. The molecule has 1 atom stereocenters. The summed E-state index contributed by atoms with van der Waals surface area (Å²) >= 11 is 0. The molecule has 1 aromatic rings. The van der Waals surface area contributed by atoms with E-state index in [1.165, 1.54) is 12.8 Å². The smallest absolute Gasteiger partial charge is 0.302 e. The predicted molar refractivity (Wildman–Crippen MR) is 75.8 cm³/mol. The van der Waals surface area contributed by atoms with Gasteiger partial charge in [-0.15, -0.1) is 0 Å². The Kier molecular flexibility index (Phi) is 2.78. The van der Waals surface area contributed by atoms with E-state index < -0.39 is 5.66 Å². The largest absolute Gasteiger partial charge is 0.316 e. The maximum Gasteiger partial charge on any atom is 0.302 e. The van der Waals surface area contributed by atoms with Gasteiger partial charge < -0.3 is 5.32 Å². The summed E-state index contributed by atoms with van der Waals surface area (Å²) < 4.78 is 29.1. The van der Waals surface area contributed by atoms with Gasteiger partial charge in [0.15, 0.2) is 0 Å². The van der Waals surface area contributed by atoms with E-state index in [-0.39, 0.29) is 5.69 Å². The second-order valence-electron chi connectivity index (χ2n) is 6.92. The van der Waals surface area contributed by atoms with Crippen molar-refractivity contribution < 1.29 is 8.78 Å². The first-order chi connectivity index (χ1) is 9.45. The lowest BCUT2D eigenvalue weighted by Crippen LogP contribution is -2.60. The van der Waals surface area contributed by atoms with Gasteiger partial charge in [0.2, 0.25) is 0 Å². The normalized spacial score (nSPS) is 25.6. The van der Waals surface area contributed by atoms with Gasteiger partial charge in [-0.2, -0.15) is 13.9 Å². The summed E-state index contributed by atoms with van der Waals surface area (Å²) in [5.74, 6) is 0.556. The minimum atomic E-state index is -2.91. The molecule has 2 aliphatic carbocycles. The number of halogens is 2. The molecule has 3 aliphatic rings. The van der Waals surface area contributed by atoms with Crippen LogP contribution in [0.2, 0.25) is 0 Å². The van der Waals surface area contributed by atoms with Crippen LogP contribution in [0.1, 0.15) is 43.0 Å². The molecule has 1 saturated heterocycles. The fourth-order valence-corrected chi connectivity index (χ4v) is 4.02. The second-order valence-corrected chi connectivity index (χ2v) is 7.64. The molecule has 2 saturated carbocycles. The van der Waals surface area contributed by atoms with E-state index in [2.05, 4.69) is 10.4 Å². The van der Waals surface area contributed by atoms with Crippen molar-refractivity contribution >= 4 is 9.24 Å². The highest BCUT2D eigenvalue weighted by Crippen LogP contribution is 2.50. The first kappa shape index (κ1) is 13.1. The molecule has 4 rings (SSSR count). The molecular formula is C14H20F2N3P. The Hall–Kier alpha value is -0.540. The van der Waals surface area contributed by atoms with Gasteiger partial charge in [-0.1, -0.05) is 9.24 Å². The van der Waals surface area contributed by atoms with E-state index in [1.807, 2.05) is 6.20 Å². The van der Waals surface area contributed by atoms with Gasteiger partial charge in [0.25, 0.3) is 0 Å². The molecule has 0 bridgehead atoms. The Labute approximate surface area is 119 Å². The average molecular weight is 299 g/mol. The van der Waals surface area contributed by atoms with Crippen molar-refractivity contribution in [2.45, 2.75) is 43.8 Å². The Morgan fingerprint density at radius 1 is 1.40 bits per heavy atom. The first-order valence-electron chi connectivity index (χ1n) is 7.41. The number of rotatable bonds is 4. The molecule has 1 aromatic heterocycles. The van der Waals surface area contributed by atoms with Gasteiger partial charge in [0, 0.05) is 24.8 Å². The Morgan fingerprint density at radius 3 is 2.60 bits per heavy atom. The zero-order valence-corrected chi connectivity index (χ0v) is 12.6. The topological polar surface area (TPSA) is 29.9 Å². The van der Waals surface area contributed by atoms with E-state index in [1.54, 1.807) is 13.9 Å². The molecule has 3 fully saturated rings. The lowest BCUT2D eigenvalue weighted by Gasteiger charge is -2.54. The summed E-state index contributed by atoms with van der Waals surface area (Å²) in [4.78, 5) is 0. The van der Waals surface area contributed by atoms with E-state index >= 15 is 0 Å². The van der Waals surface area contributed by atoms with Crippen LogP contribution in [0, 0.1) is 11.3 Å². The maximum absolute atomic E-state index is 13.7. The third-order valence-electron chi connectivity index (χ3n) is 5.00. The highest BCUT2D eigenvalue weighted by atomic mass is 31.0. The third kappa shape index (κ3) is 2.19. The Morgan fingerprint density at radius 2 is 2.10 bits per heavy atom. The van der Waals surface area contributed by atoms with Crippen LogP contribution in [-0.2, 0) is 12.1 Å². The maximum atomic E-state index is 13.7. The summed E-state index contributed by atoms with van der Waals surface area (Å²) in [6, 6.07) is 0.360. The number of hydrogen-bond acceptors (Lipinski definition) is 2. The van der Waals surface area contributed by atoms with Crippen molar-refractivity contribution in [2.24, 2.45) is 11.3 Å². The second kappa shape index (κ2) is 4.23. The number of aromatic nitrogens is 2. The van der Waals surface area contributed by atoms with Crippen LogP contribution in [0.4, 0.5) is 8.78 Å². The van der Waals surface area contributed by atoms with E-state index in [0.717, 1.165) is 37.9 Å². The molecular weight excluding hydrogens is 279 g/mol. The van der Waals surface area contributed by atoms with Gasteiger partial charge in [-0.25, -0.2) is 0 Å². The summed E-state index contributed by atoms with van der Waals surface area (Å²) in [5, 5.41) is 7.47. The quantitative estimate of drug-likeness (QED) is 0.866. The number of alkyl halides is 2. The third-order valence-corrected chi connectivity index (χ3v) is 5.27. The molecule has 1 spiro atoms. The molecule has 1 unspecified atom stereocenters. The van der Waals surface area contributed by atoms with Crippen molar-refractivity contribution in [3.63, 3.8) is 0 Å². The average Bonchev–Trinajstić information content (AvgIpc) is 3.00. The van der Waals surface area contributed by atoms with E-state index in [0.29, 0.717) is 17.4 Å². The van der Waals surface area contributed by atoms with Crippen LogP contribution in [0.5, 0.6) is 0 Å². The molecule has 6 heteroatoms. The fraction of sp³-hybridized carbons (Fsp3) is 0.786. The predicted octanol–water partition coefficient (Wildman–Crippen LogP) is 2.68. The van der Waals surface area contributed by atoms with Gasteiger partial charge in [0.1, 0.15) is 5.69 Å². The van der Waals surface area contributed by atoms with Crippen molar-refractivity contribution in [2.75, 3.05) is 13.1 Å². The van der Waals surface area contributed by atoms with E-state index in [4.69, 9.17) is 0 Å². The van der Waals surface area contributed by atoms with Crippen LogP contribution < -0.4 is 5.32 Å². The monoisotopic (exact) mass is 299 g/mol. The van der Waals surface area contributed by atoms with Crippen LogP contribution >= 0.6 is 9.24 Å². The summed E-state index contributed by atoms with van der Waals surface area (Å²) in [7, 11) is 1.64. The molecule has 1 N–H and O–H groups in total. The van der Waals surface area contributed by atoms with Gasteiger partial charge >= 0.3 is 5.66 Å². The van der Waals surface area contributed by atoms with Crippen LogP contribution in [0.15, 0.2) is 6.20 Å². The minimum Gasteiger partial charge on any atom is -0.316 e. The highest BCUT2D eigenvalue weighted by molar-refractivity contribution is 7.17. The molecule has 20 heavy (non-hydrogen) atoms. The number of hydrogen-bond donors (Lipinski definition) is 1. The van der Waals surface area contributed by atoms with E-state index in [9.17, 15) is 8.78 Å². The lowest BCUT2D eigenvalue weighted by molar-refractivity contribution is 0.000295. The van der Waals surface area contributed by atoms with Crippen molar-refractivity contribution in [1.82, 2.24) is 15.1 Å². The zero-order chi connectivity index (χ0) is 14.0. The standard InChI is InChI=1S/C14H20F2N3P/c15-14(16,20)12-10(6-19(18-12)11-1-2-11)3-9-4-13(5-9)7-17-8-13/h6,9,11,17H,1-5,7-8,20H2. The molecule has 2 heterocycles. The van der Waals surface area contributed by atoms with Gasteiger partial charge in [0.05, 0.1) is 6.04 Å². The van der Waals surface area contributed by atoms with Crippen LogP contribution in [0.25, 0.3) is 0 Å². The summed E-state index contributed by atoms with van der Waals surface area (Å²) in [6.07, 6.45) is 7.12. The molecule has 1 aliphatic heterocycles. The number of nitrogens with one attached hydrogen (secondary N) is 1. The molecule has 110 valence electrons. The van der Waals surface area contributed by atoms with Gasteiger partial charge in [-0.05, 0) is 43.4 Å². The van der Waals surface area contributed by atoms with Crippen molar-refractivity contribution in [1.29, 1.82) is 0 Å². The summed E-state index contributed by atoms with van der Waals surface area (Å²) in [5.41, 5.74) is -1.68. The van der Waals surface area contributed by atoms with Crippen LogP contribution in [-0.4, -0.2) is 22.9 Å². The van der Waals surface area contributed by atoms with Crippen molar-refractivity contribution in [3.05, 3.63) is 17.5 Å². The minimum absolute atomic E-state index is 0.0258. The van der Waals surface area contributed by atoms with Gasteiger partial charge in [-0.3, -0.25) is 4.68 Å². The molecule has 0 aromatic carbocycles. The molecule has 3 nitrogen and oxygen atoms in total. The Balaban J connectivity index is 1.51. The van der Waals surface area contributed by atoms with Crippen molar-refractivity contribution in [3.8, 4) is 0 Å². The zero-order valence-electron chi connectivity index (χ0n) is 11.4. The molecule has 0 radical (unpaired) electrons. The lowest BCUT2D eigenvalue weighted by atomic mass is 9.57. The fourth-order valence-electron chi connectivity index (χ4n) is 3.77. The SMILES string of the molecule is FC(F)(P)c1nn(C2CC2)cc1CC1CC2(CNC2)C1.